The summed E-state index contributed by atoms with van der Waals surface area (Å²) < 4.78 is 0. The number of halogens is 2. The highest BCUT2D eigenvalue weighted by Gasteiger charge is 2.30. The first-order valence-corrected chi connectivity index (χ1v) is 11.1. The average Bonchev–Trinajstić information content (AvgIpc) is 2.71. The minimum atomic E-state index is -0.607. The van der Waals surface area contributed by atoms with Crippen LogP contribution in [0.2, 0.25) is 10.0 Å². The van der Waals surface area contributed by atoms with Crippen LogP contribution in [-0.4, -0.2) is 28.8 Å². The zero-order valence-corrected chi connectivity index (χ0v) is 19.6. The molecule has 0 saturated heterocycles. The van der Waals surface area contributed by atoms with Crippen molar-refractivity contribution in [1.82, 2.24) is 10.2 Å². The summed E-state index contributed by atoms with van der Waals surface area (Å²) in [5, 5.41) is 3.96. The predicted octanol–water partition coefficient (Wildman–Crippen LogP) is 5.57. The van der Waals surface area contributed by atoms with E-state index in [2.05, 4.69) is 5.32 Å². The second-order valence-corrected chi connectivity index (χ2v) is 8.44. The Morgan fingerprint density at radius 2 is 1.60 bits per heavy atom. The molecule has 2 aromatic rings. The Bertz CT molecular complexity index is 848. The van der Waals surface area contributed by atoms with Crippen molar-refractivity contribution >= 4 is 35.0 Å². The molecule has 4 nitrogen and oxygen atoms in total. The Morgan fingerprint density at radius 3 is 2.13 bits per heavy atom. The minimum absolute atomic E-state index is 0.0319. The lowest BCUT2D eigenvalue weighted by atomic mass is 10.1. The van der Waals surface area contributed by atoms with E-state index in [9.17, 15) is 9.59 Å². The number of carbonyl (C=O) groups excluding carboxylic acids is 2. The first kappa shape index (κ1) is 24.2. The van der Waals surface area contributed by atoms with Gasteiger partial charge in [-0.25, -0.2) is 0 Å². The first-order valence-electron chi connectivity index (χ1n) is 10.3. The molecule has 1 N–H and O–H groups in total. The van der Waals surface area contributed by atoms with Crippen molar-refractivity contribution < 1.29 is 9.59 Å². The molecule has 0 aliphatic carbocycles. The zero-order valence-electron chi connectivity index (χ0n) is 18.0. The molecule has 6 heteroatoms. The van der Waals surface area contributed by atoms with Crippen LogP contribution in [0.15, 0.2) is 42.5 Å². The van der Waals surface area contributed by atoms with Gasteiger partial charge in [0.05, 0.1) is 6.42 Å². The second-order valence-electron chi connectivity index (χ2n) is 7.63. The number of amides is 2. The number of carbonyl (C=O) groups is 2. The number of benzene rings is 2. The fourth-order valence-electron chi connectivity index (χ4n) is 3.20. The van der Waals surface area contributed by atoms with Crippen LogP contribution in [0.25, 0.3) is 0 Å². The lowest BCUT2D eigenvalue weighted by molar-refractivity contribution is -0.141. The van der Waals surface area contributed by atoms with Crippen LogP contribution < -0.4 is 5.32 Å². The third-order valence-electron chi connectivity index (χ3n) is 5.25. The Kier molecular flexibility index (Phi) is 9.19. The van der Waals surface area contributed by atoms with Crippen LogP contribution in [-0.2, 0) is 22.6 Å². The number of aryl methyl sites for hydroxylation is 1. The minimum Gasteiger partial charge on any atom is -0.352 e. The predicted molar refractivity (Wildman–Crippen MR) is 124 cm³/mol. The average molecular weight is 449 g/mol. The molecule has 0 radical (unpaired) electrons. The monoisotopic (exact) mass is 448 g/mol. The molecular weight excluding hydrogens is 419 g/mol. The van der Waals surface area contributed by atoms with Crippen LogP contribution in [0.1, 0.15) is 50.3 Å². The summed E-state index contributed by atoms with van der Waals surface area (Å²) in [6.45, 7) is 8.05. The van der Waals surface area contributed by atoms with Gasteiger partial charge < -0.3 is 10.2 Å². The van der Waals surface area contributed by atoms with Crippen molar-refractivity contribution in [3.05, 3.63) is 69.2 Å². The van der Waals surface area contributed by atoms with E-state index in [1.807, 2.05) is 52.0 Å². The van der Waals surface area contributed by atoms with Gasteiger partial charge in [0, 0.05) is 28.2 Å². The number of hydrogen-bond donors (Lipinski definition) is 1. The first-order chi connectivity index (χ1) is 14.3. The van der Waals surface area contributed by atoms with E-state index in [4.69, 9.17) is 23.2 Å². The second kappa shape index (κ2) is 11.4. The summed E-state index contributed by atoms with van der Waals surface area (Å²) in [5.41, 5.74) is 2.68. The highest BCUT2D eigenvalue weighted by Crippen LogP contribution is 2.27. The van der Waals surface area contributed by atoms with Crippen LogP contribution in [0, 0.1) is 6.92 Å². The number of rotatable bonds is 9. The summed E-state index contributed by atoms with van der Waals surface area (Å²) in [5.74, 6) is -0.298. The summed E-state index contributed by atoms with van der Waals surface area (Å²) >= 11 is 12.7. The fourth-order valence-corrected chi connectivity index (χ4v) is 3.71. The van der Waals surface area contributed by atoms with Crippen LogP contribution in [0.5, 0.6) is 0 Å². The number of hydrogen-bond acceptors (Lipinski definition) is 2. The fraction of sp³-hybridized carbons (Fsp3) is 0.417. The maximum absolute atomic E-state index is 13.3. The van der Waals surface area contributed by atoms with E-state index in [0.29, 0.717) is 22.0 Å². The van der Waals surface area contributed by atoms with Gasteiger partial charge in [-0.1, -0.05) is 72.9 Å². The van der Waals surface area contributed by atoms with E-state index in [0.717, 1.165) is 17.5 Å². The molecule has 0 fully saturated rings. The third kappa shape index (κ3) is 6.48. The van der Waals surface area contributed by atoms with Gasteiger partial charge in [0.2, 0.25) is 11.8 Å². The zero-order chi connectivity index (χ0) is 22.3. The third-order valence-corrected chi connectivity index (χ3v) is 5.96. The van der Waals surface area contributed by atoms with Gasteiger partial charge in [0.15, 0.2) is 0 Å². The van der Waals surface area contributed by atoms with Crippen LogP contribution in [0.4, 0.5) is 0 Å². The van der Waals surface area contributed by atoms with Crippen molar-refractivity contribution in [2.75, 3.05) is 0 Å². The molecule has 162 valence electrons. The Hall–Kier alpha value is -2.04. The quantitative estimate of drug-likeness (QED) is 0.545. The van der Waals surface area contributed by atoms with Crippen molar-refractivity contribution in [3.63, 3.8) is 0 Å². The summed E-state index contributed by atoms with van der Waals surface area (Å²) in [7, 11) is 0. The molecule has 0 aliphatic heterocycles. The molecule has 0 spiro atoms. The standard InChI is InChI=1S/C24H30Cl2N2O2/c1-5-17(4)27-24(30)22(6-2)28(15-19-20(25)8-7-9-21(19)26)23(29)14-18-12-10-16(3)11-13-18/h7-13,17,22H,5-6,14-15H2,1-4H3,(H,27,30). The molecule has 0 heterocycles. The Balaban J connectivity index is 2.35. The lowest BCUT2D eigenvalue weighted by Crippen LogP contribution is -2.51. The molecule has 2 aromatic carbocycles. The highest BCUT2D eigenvalue weighted by atomic mass is 35.5. The van der Waals surface area contributed by atoms with Crippen molar-refractivity contribution in [2.45, 2.75) is 65.6 Å². The van der Waals surface area contributed by atoms with Gasteiger partial charge in [-0.05, 0) is 44.4 Å². The molecule has 0 aliphatic rings. The molecule has 0 bridgehead atoms. The van der Waals surface area contributed by atoms with E-state index in [1.165, 1.54) is 0 Å². The Morgan fingerprint density at radius 1 is 1.00 bits per heavy atom. The Labute approximate surface area is 189 Å². The molecular formula is C24H30Cl2N2O2. The molecule has 0 aromatic heterocycles. The SMILES string of the molecule is CCC(C)NC(=O)C(CC)N(Cc1c(Cl)cccc1Cl)C(=O)Cc1ccc(C)cc1. The van der Waals surface area contributed by atoms with Crippen molar-refractivity contribution in [1.29, 1.82) is 0 Å². The molecule has 2 rings (SSSR count). The maximum Gasteiger partial charge on any atom is 0.243 e. The maximum atomic E-state index is 13.3. The molecule has 30 heavy (non-hydrogen) atoms. The largest absolute Gasteiger partial charge is 0.352 e. The van der Waals surface area contributed by atoms with E-state index in [-0.39, 0.29) is 30.8 Å². The van der Waals surface area contributed by atoms with Gasteiger partial charge in [-0.3, -0.25) is 9.59 Å². The number of nitrogens with zero attached hydrogens (tertiary/aromatic N) is 1. The molecule has 0 saturated carbocycles. The molecule has 2 atom stereocenters. The van der Waals surface area contributed by atoms with E-state index >= 15 is 0 Å². The van der Waals surface area contributed by atoms with Gasteiger partial charge in [0.1, 0.15) is 6.04 Å². The lowest BCUT2D eigenvalue weighted by Gasteiger charge is -2.32. The number of nitrogens with one attached hydrogen (secondary N) is 1. The normalized spacial score (nSPS) is 12.9. The summed E-state index contributed by atoms with van der Waals surface area (Å²) in [6, 6.07) is 12.5. The van der Waals surface area contributed by atoms with E-state index < -0.39 is 6.04 Å². The molecule has 2 unspecified atom stereocenters. The summed E-state index contributed by atoms with van der Waals surface area (Å²) in [6.07, 6.45) is 1.51. The van der Waals surface area contributed by atoms with Crippen molar-refractivity contribution in [2.24, 2.45) is 0 Å². The van der Waals surface area contributed by atoms with E-state index in [1.54, 1.807) is 23.1 Å². The van der Waals surface area contributed by atoms with Gasteiger partial charge in [-0.2, -0.15) is 0 Å². The smallest absolute Gasteiger partial charge is 0.243 e. The van der Waals surface area contributed by atoms with Gasteiger partial charge >= 0.3 is 0 Å². The van der Waals surface area contributed by atoms with Gasteiger partial charge in [-0.15, -0.1) is 0 Å². The highest BCUT2D eigenvalue weighted by molar-refractivity contribution is 6.36. The van der Waals surface area contributed by atoms with Crippen LogP contribution >= 0.6 is 23.2 Å². The van der Waals surface area contributed by atoms with Crippen molar-refractivity contribution in [3.8, 4) is 0 Å². The molecule has 2 amide bonds. The topological polar surface area (TPSA) is 49.4 Å². The summed E-state index contributed by atoms with van der Waals surface area (Å²) in [4.78, 5) is 27.9. The van der Waals surface area contributed by atoms with Gasteiger partial charge in [0.25, 0.3) is 0 Å². The van der Waals surface area contributed by atoms with Crippen LogP contribution in [0.3, 0.4) is 0 Å².